The van der Waals surface area contributed by atoms with Crippen LogP contribution in [0, 0.1) is 6.92 Å². The molecule has 8 heteroatoms. The Labute approximate surface area is 170 Å². The molecule has 0 radical (unpaired) electrons. The number of carbonyl (C=O) groups is 2. The van der Waals surface area contributed by atoms with Crippen molar-refractivity contribution in [1.29, 1.82) is 0 Å². The number of nitrogens with one attached hydrogen (secondary N) is 1. The Morgan fingerprint density at radius 2 is 1.90 bits per heavy atom. The molecular formula is C21H17ClNO6-. The van der Waals surface area contributed by atoms with Crippen molar-refractivity contribution in [2.45, 2.75) is 25.8 Å². The Hall–Kier alpha value is -3.32. The first kappa shape index (κ1) is 20.4. The van der Waals surface area contributed by atoms with E-state index in [2.05, 4.69) is 5.32 Å². The van der Waals surface area contributed by atoms with Crippen LogP contribution in [0.5, 0.6) is 5.75 Å². The fraction of sp³-hybridized carbons (Fsp3) is 0.190. The molecule has 3 aromatic rings. The number of phenolic OH excluding ortho intramolecular Hbond substituents is 1. The fourth-order valence-corrected chi connectivity index (χ4v) is 3.17. The minimum atomic E-state index is -1.44. The van der Waals surface area contributed by atoms with E-state index in [-0.39, 0.29) is 29.7 Å². The van der Waals surface area contributed by atoms with Gasteiger partial charge in [0.2, 0.25) is 5.91 Å². The second kappa shape index (κ2) is 8.36. The van der Waals surface area contributed by atoms with Gasteiger partial charge in [0.1, 0.15) is 11.3 Å². The molecule has 0 aliphatic rings. The van der Waals surface area contributed by atoms with Crippen molar-refractivity contribution in [1.82, 2.24) is 5.32 Å². The van der Waals surface area contributed by atoms with Crippen molar-refractivity contribution in [3.05, 3.63) is 74.6 Å². The highest BCUT2D eigenvalue weighted by atomic mass is 35.5. The van der Waals surface area contributed by atoms with Crippen LogP contribution in [-0.4, -0.2) is 23.0 Å². The molecule has 0 spiro atoms. The van der Waals surface area contributed by atoms with Crippen molar-refractivity contribution in [3.8, 4) is 5.75 Å². The molecule has 1 atom stereocenters. The maximum absolute atomic E-state index is 12.4. The van der Waals surface area contributed by atoms with Crippen molar-refractivity contribution in [2.75, 3.05) is 0 Å². The van der Waals surface area contributed by atoms with Gasteiger partial charge in [0, 0.05) is 16.5 Å². The number of fused-ring (bicyclic) bond motifs is 1. The zero-order valence-corrected chi connectivity index (χ0v) is 16.2. The molecule has 150 valence electrons. The average molecular weight is 415 g/mol. The first-order valence-corrected chi connectivity index (χ1v) is 9.12. The van der Waals surface area contributed by atoms with Crippen molar-refractivity contribution in [2.24, 2.45) is 0 Å². The molecule has 2 N–H and O–H groups in total. The average Bonchev–Trinajstić information content (AvgIpc) is 2.66. The third kappa shape index (κ3) is 4.75. The number of hydrogen-bond donors (Lipinski definition) is 2. The number of aromatic hydroxyl groups is 1. The summed E-state index contributed by atoms with van der Waals surface area (Å²) in [7, 11) is 0. The van der Waals surface area contributed by atoms with Gasteiger partial charge in [-0.1, -0.05) is 23.7 Å². The molecule has 0 unspecified atom stereocenters. The standard InChI is InChI=1S/C21H18ClNO6/c1-11-15-7-6-14(24)9-18(15)29-21(28)16(11)10-19(25)23-17(20(26)27)8-12-2-4-13(22)5-3-12/h2-7,9,17,24H,8,10H2,1H3,(H,23,25)(H,26,27)/p-1/t17-/m1/s1. The van der Waals surface area contributed by atoms with Crippen LogP contribution in [0.1, 0.15) is 16.7 Å². The molecule has 2 aromatic carbocycles. The van der Waals surface area contributed by atoms with Crippen LogP contribution >= 0.6 is 11.6 Å². The van der Waals surface area contributed by atoms with Gasteiger partial charge in [0.15, 0.2) is 0 Å². The molecule has 7 nitrogen and oxygen atoms in total. The number of aliphatic carboxylic acids is 1. The van der Waals surface area contributed by atoms with Crippen LogP contribution in [0.15, 0.2) is 51.7 Å². The maximum Gasteiger partial charge on any atom is 0.340 e. The van der Waals surface area contributed by atoms with Crippen molar-refractivity contribution >= 4 is 34.4 Å². The monoisotopic (exact) mass is 414 g/mol. The lowest BCUT2D eigenvalue weighted by molar-refractivity contribution is -0.308. The Morgan fingerprint density at radius 3 is 2.55 bits per heavy atom. The molecule has 3 rings (SSSR count). The van der Waals surface area contributed by atoms with E-state index in [4.69, 9.17) is 16.0 Å². The van der Waals surface area contributed by atoms with E-state index < -0.39 is 23.5 Å². The number of carboxylic acid groups (broad SMARTS) is 1. The third-order valence-corrected chi connectivity index (χ3v) is 4.83. The van der Waals surface area contributed by atoms with E-state index >= 15 is 0 Å². The molecule has 1 aromatic heterocycles. The summed E-state index contributed by atoms with van der Waals surface area (Å²) in [5.41, 5.74) is 0.772. The number of carboxylic acids is 1. The van der Waals surface area contributed by atoms with Gasteiger partial charge >= 0.3 is 5.63 Å². The van der Waals surface area contributed by atoms with Crippen LogP contribution in [-0.2, 0) is 22.4 Å². The third-order valence-electron chi connectivity index (χ3n) is 4.58. The number of phenols is 1. The minimum absolute atomic E-state index is 0.00975. The summed E-state index contributed by atoms with van der Waals surface area (Å²) in [6.45, 7) is 1.66. The Bertz CT molecular complexity index is 1140. The summed E-state index contributed by atoms with van der Waals surface area (Å²) >= 11 is 5.81. The second-order valence-corrected chi connectivity index (χ2v) is 7.06. The lowest BCUT2D eigenvalue weighted by Crippen LogP contribution is -2.49. The highest BCUT2D eigenvalue weighted by Crippen LogP contribution is 2.23. The van der Waals surface area contributed by atoms with E-state index in [1.165, 1.54) is 12.1 Å². The Balaban J connectivity index is 1.79. The van der Waals surface area contributed by atoms with Gasteiger partial charge in [0.25, 0.3) is 0 Å². The summed E-state index contributed by atoms with van der Waals surface area (Å²) in [6.07, 6.45) is -0.342. The topological polar surface area (TPSA) is 120 Å². The SMILES string of the molecule is Cc1c(CC(=O)N[C@H](Cc2ccc(Cl)cc2)C(=O)[O-])c(=O)oc2cc(O)ccc12. The highest BCUT2D eigenvalue weighted by molar-refractivity contribution is 6.30. The molecule has 0 aliphatic heterocycles. The van der Waals surface area contributed by atoms with Gasteiger partial charge in [-0.05, 0) is 48.7 Å². The van der Waals surface area contributed by atoms with Crippen molar-refractivity contribution in [3.63, 3.8) is 0 Å². The van der Waals surface area contributed by atoms with E-state index in [0.29, 0.717) is 21.5 Å². The zero-order valence-electron chi connectivity index (χ0n) is 15.4. The first-order chi connectivity index (χ1) is 13.7. The van der Waals surface area contributed by atoms with E-state index in [1.54, 1.807) is 37.3 Å². The van der Waals surface area contributed by atoms with Gasteiger partial charge in [-0.25, -0.2) is 4.79 Å². The van der Waals surface area contributed by atoms with Gasteiger partial charge in [-0.3, -0.25) is 4.79 Å². The summed E-state index contributed by atoms with van der Waals surface area (Å²) in [6, 6.07) is 9.61. The number of rotatable bonds is 6. The smallest absolute Gasteiger partial charge is 0.340 e. The van der Waals surface area contributed by atoms with Gasteiger partial charge in [0.05, 0.1) is 24.0 Å². The molecule has 0 aliphatic carbocycles. The lowest BCUT2D eigenvalue weighted by Gasteiger charge is -2.20. The quantitative estimate of drug-likeness (QED) is 0.589. The van der Waals surface area contributed by atoms with Crippen molar-refractivity contribution < 1.29 is 24.2 Å². The Kier molecular flexibility index (Phi) is 5.89. The summed E-state index contributed by atoms with van der Waals surface area (Å²) < 4.78 is 5.18. The summed E-state index contributed by atoms with van der Waals surface area (Å²) in [5, 5.41) is 24.4. The number of hydrogen-bond acceptors (Lipinski definition) is 6. The molecule has 0 saturated carbocycles. The molecular weight excluding hydrogens is 398 g/mol. The fourth-order valence-electron chi connectivity index (χ4n) is 3.04. The summed E-state index contributed by atoms with van der Waals surface area (Å²) in [5.74, 6) is -2.14. The molecule has 0 fully saturated rings. The number of halogens is 1. The number of aryl methyl sites for hydroxylation is 1. The molecule has 29 heavy (non-hydrogen) atoms. The minimum Gasteiger partial charge on any atom is -0.548 e. The normalized spacial score (nSPS) is 11.9. The zero-order chi connectivity index (χ0) is 21.1. The van der Waals surface area contributed by atoms with Gasteiger partial charge in [-0.15, -0.1) is 0 Å². The van der Waals surface area contributed by atoms with Crippen LogP contribution in [0.4, 0.5) is 0 Å². The van der Waals surface area contributed by atoms with Gasteiger partial charge < -0.3 is 24.7 Å². The number of benzene rings is 2. The van der Waals surface area contributed by atoms with E-state index in [1.807, 2.05) is 0 Å². The Morgan fingerprint density at radius 1 is 1.21 bits per heavy atom. The highest BCUT2D eigenvalue weighted by Gasteiger charge is 2.19. The first-order valence-electron chi connectivity index (χ1n) is 8.74. The van der Waals surface area contributed by atoms with Crippen LogP contribution in [0.25, 0.3) is 11.0 Å². The molecule has 1 amide bonds. The lowest BCUT2D eigenvalue weighted by atomic mass is 10.0. The molecule has 0 bridgehead atoms. The summed E-state index contributed by atoms with van der Waals surface area (Å²) in [4.78, 5) is 36.1. The van der Waals surface area contributed by atoms with Crippen LogP contribution in [0.3, 0.4) is 0 Å². The molecule has 0 saturated heterocycles. The van der Waals surface area contributed by atoms with Gasteiger partial charge in [-0.2, -0.15) is 0 Å². The largest absolute Gasteiger partial charge is 0.548 e. The predicted octanol–water partition coefficient (Wildman–Crippen LogP) is 1.48. The van der Waals surface area contributed by atoms with E-state index in [0.717, 1.165) is 0 Å². The van der Waals surface area contributed by atoms with Crippen LogP contribution < -0.4 is 16.0 Å². The number of carbonyl (C=O) groups excluding carboxylic acids is 2. The number of amides is 1. The molecule has 1 heterocycles. The van der Waals surface area contributed by atoms with Crippen LogP contribution in [0.2, 0.25) is 5.02 Å². The maximum atomic E-state index is 12.4. The second-order valence-electron chi connectivity index (χ2n) is 6.62. The predicted molar refractivity (Wildman–Crippen MR) is 105 cm³/mol. The van der Waals surface area contributed by atoms with E-state index in [9.17, 15) is 24.6 Å².